The Morgan fingerprint density at radius 2 is 1.95 bits per heavy atom. The van der Waals surface area contributed by atoms with Gasteiger partial charge in [-0.05, 0) is 25.7 Å². The summed E-state index contributed by atoms with van der Waals surface area (Å²) in [7, 11) is -3.13. The molecule has 0 unspecified atom stereocenters. The number of nitrogens with one attached hydrogen (secondary N) is 1. The van der Waals surface area contributed by atoms with Crippen LogP contribution in [0.1, 0.15) is 33.6 Å². The third kappa shape index (κ3) is 5.08. The molecule has 0 saturated carbocycles. The minimum atomic E-state index is -3.13. The minimum absolute atomic E-state index is 0.112. The molecule has 1 amide bonds. The molecule has 1 aliphatic rings. The average molecular weight is 292 g/mol. The number of hydrogen-bond acceptors (Lipinski definition) is 4. The first kappa shape index (κ1) is 16.4. The standard InChI is InChI=1S/C12H24N2O4S/c1-4-19(16,17)14-7-5-11(6-8-14)12(15)13-18-9-10(2)3/h10-11H,4-9H2,1-3H3,(H,13,15). The zero-order valence-electron chi connectivity index (χ0n) is 11.9. The summed E-state index contributed by atoms with van der Waals surface area (Å²) < 4.78 is 24.8. The van der Waals surface area contributed by atoms with Crippen LogP contribution in [-0.4, -0.2) is 44.1 Å². The lowest BCUT2D eigenvalue weighted by atomic mass is 9.98. The molecule has 19 heavy (non-hydrogen) atoms. The topological polar surface area (TPSA) is 75.7 Å². The molecule has 1 N–H and O–H groups in total. The average Bonchev–Trinajstić information content (AvgIpc) is 2.38. The molecule has 1 heterocycles. The van der Waals surface area contributed by atoms with E-state index in [4.69, 9.17) is 4.84 Å². The van der Waals surface area contributed by atoms with Crippen molar-refractivity contribution in [2.75, 3.05) is 25.4 Å². The number of rotatable bonds is 6. The molecule has 1 rings (SSSR count). The van der Waals surface area contributed by atoms with Gasteiger partial charge >= 0.3 is 0 Å². The summed E-state index contributed by atoms with van der Waals surface area (Å²) in [5.41, 5.74) is 2.44. The molecule has 7 heteroatoms. The number of hydroxylamine groups is 1. The second-order valence-corrected chi connectivity index (χ2v) is 7.50. The van der Waals surface area contributed by atoms with Crippen LogP contribution in [0.4, 0.5) is 0 Å². The van der Waals surface area contributed by atoms with E-state index < -0.39 is 10.0 Å². The molecule has 0 aliphatic carbocycles. The van der Waals surface area contributed by atoms with Crippen LogP contribution in [0.15, 0.2) is 0 Å². The highest BCUT2D eigenvalue weighted by Crippen LogP contribution is 2.19. The van der Waals surface area contributed by atoms with Crippen LogP contribution in [0.5, 0.6) is 0 Å². The maximum Gasteiger partial charge on any atom is 0.246 e. The molecular weight excluding hydrogens is 268 g/mol. The lowest BCUT2D eigenvalue weighted by Gasteiger charge is -2.30. The van der Waals surface area contributed by atoms with E-state index in [2.05, 4.69) is 5.48 Å². The summed E-state index contributed by atoms with van der Waals surface area (Å²) in [6, 6.07) is 0. The summed E-state index contributed by atoms with van der Waals surface area (Å²) in [4.78, 5) is 16.9. The lowest BCUT2D eigenvalue weighted by molar-refractivity contribution is -0.139. The maximum atomic E-state index is 11.8. The van der Waals surface area contributed by atoms with Gasteiger partial charge in [-0.15, -0.1) is 0 Å². The monoisotopic (exact) mass is 292 g/mol. The molecule has 112 valence electrons. The van der Waals surface area contributed by atoms with Crippen molar-refractivity contribution < 1.29 is 18.0 Å². The number of sulfonamides is 1. The zero-order valence-corrected chi connectivity index (χ0v) is 12.7. The zero-order chi connectivity index (χ0) is 14.5. The number of nitrogens with zero attached hydrogens (tertiary/aromatic N) is 1. The van der Waals surface area contributed by atoms with Gasteiger partial charge in [-0.1, -0.05) is 13.8 Å². The Kier molecular flexibility index (Phi) is 6.22. The Morgan fingerprint density at radius 1 is 1.37 bits per heavy atom. The molecule has 1 fully saturated rings. The third-order valence-electron chi connectivity index (χ3n) is 3.17. The van der Waals surface area contributed by atoms with Crippen molar-refractivity contribution in [1.29, 1.82) is 0 Å². The van der Waals surface area contributed by atoms with Gasteiger partial charge in [0, 0.05) is 19.0 Å². The molecule has 0 aromatic rings. The van der Waals surface area contributed by atoms with Crippen LogP contribution in [0.2, 0.25) is 0 Å². The predicted octanol–water partition coefficient (Wildman–Crippen LogP) is 0.752. The smallest absolute Gasteiger partial charge is 0.246 e. The third-order valence-corrected chi connectivity index (χ3v) is 5.05. The van der Waals surface area contributed by atoms with E-state index in [-0.39, 0.29) is 17.6 Å². The Balaban J connectivity index is 2.35. The number of hydrogen-bond donors (Lipinski definition) is 1. The van der Waals surface area contributed by atoms with Crippen LogP contribution in [0.3, 0.4) is 0 Å². The van der Waals surface area contributed by atoms with Crippen LogP contribution < -0.4 is 5.48 Å². The van der Waals surface area contributed by atoms with E-state index in [1.54, 1.807) is 6.92 Å². The number of carbonyl (C=O) groups excluding carboxylic acids is 1. The van der Waals surface area contributed by atoms with E-state index in [9.17, 15) is 13.2 Å². The number of amides is 1. The highest BCUT2D eigenvalue weighted by Gasteiger charge is 2.30. The first-order valence-electron chi connectivity index (χ1n) is 6.76. The van der Waals surface area contributed by atoms with E-state index in [0.717, 1.165) is 0 Å². The summed E-state index contributed by atoms with van der Waals surface area (Å²) in [6.07, 6.45) is 1.10. The van der Waals surface area contributed by atoms with E-state index in [1.807, 2.05) is 13.8 Å². The molecule has 1 saturated heterocycles. The second kappa shape index (κ2) is 7.21. The van der Waals surface area contributed by atoms with Crippen molar-refractivity contribution in [1.82, 2.24) is 9.79 Å². The van der Waals surface area contributed by atoms with Gasteiger partial charge < -0.3 is 0 Å². The maximum absolute atomic E-state index is 11.8. The van der Waals surface area contributed by atoms with Gasteiger partial charge in [-0.3, -0.25) is 9.63 Å². The van der Waals surface area contributed by atoms with Crippen molar-refractivity contribution in [3.05, 3.63) is 0 Å². The highest BCUT2D eigenvalue weighted by molar-refractivity contribution is 7.89. The van der Waals surface area contributed by atoms with Crippen molar-refractivity contribution in [2.45, 2.75) is 33.6 Å². The van der Waals surface area contributed by atoms with Gasteiger partial charge in [0.1, 0.15) is 0 Å². The van der Waals surface area contributed by atoms with Crippen LogP contribution in [0.25, 0.3) is 0 Å². The molecule has 0 radical (unpaired) electrons. The number of piperidine rings is 1. The molecule has 0 atom stereocenters. The Labute approximate surface area is 115 Å². The van der Waals surface area contributed by atoms with Gasteiger partial charge in [-0.2, -0.15) is 0 Å². The Hall–Kier alpha value is -0.660. The fourth-order valence-electron chi connectivity index (χ4n) is 1.94. The van der Waals surface area contributed by atoms with E-state index in [1.165, 1.54) is 4.31 Å². The van der Waals surface area contributed by atoms with Gasteiger partial charge in [0.2, 0.25) is 15.9 Å². The minimum Gasteiger partial charge on any atom is -0.273 e. The SMILES string of the molecule is CCS(=O)(=O)N1CCC(C(=O)NOCC(C)C)CC1. The fraction of sp³-hybridized carbons (Fsp3) is 0.917. The summed E-state index contributed by atoms with van der Waals surface area (Å²) in [6.45, 7) is 6.94. The van der Waals surface area contributed by atoms with Crippen molar-refractivity contribution in [3.8, 4) is 0 Å². The molecule has 0 spiro atoms. The Morgan fingerprint density at radius 3 is 2.42 bits per heavy atom. The van der Waals surface area contributed by atoms with Gasteiger partial charge in [0.05, 0.1) is 12.4 Å². The first-order valence-corrected chi connectivity index (χ1v) is 8.37. The van der Waals surface area contributed by atoms with Crippen molar-refractivity contribution in [3.63, 3.8) is 0 Å². The van der Waals surface area contributed by atoms with E-state index in [0.29, 0.717) is 38.5 Å². The largest absolute Gasteiger partial charge is 0.273 e. The van der Waals surface area contributed by atoms with Crippen LogP contribution in [-0.2, 0) is 19.7 Å². The predicted molar refractivity (Wildman–Crippen MR) is 72.7 cm³/mol. The van der Waals surface area contributed by atoms with Gasteiger partial charge in [0.25, 0.3) is 0 Å². The van der Waals surface area contributed by atoms with Gasteiger partial charge in [-0.25, -0.2) is 18.2 Å². The first-order chi connectivity index (χ1) is 8.86. The molecule has 1 aliphatic heterocycles. The molecule has 0 aromatic heterocycles. The molecule has 6 nitrogen and oxygen atoms in total. The second-order valence-electron chi connectivity index (χ2n) is 5.25. The van der Waals surface area contributed by atoms with Crippen LogP contribution in [0, 0.1) is 11.8 Å². The Bertz CT molecular complexity index is 387. The summed E-state index contributed by atoms with van der Waals surface area (Å²) in [5.74, 6) is 0.169. The lowest BCUT2D eigenvalue weighted by Crippen LogP contribution is -2.43. The van der Waals surface area contributed by atoms with Crippen molar-refractivity contribution in [2.24, 2.45) is 11.8 Å². The summed E-state index contributed by atoms with van der Waals surface area (Å²) in [5, 5.41) is 0. The number of carbonyl (C=O) groups is 1. The summed E-state index contributed by atoms with van der Waals surface area (Å²) >= 11 is 0. The van der Waals surface area contributed by atoms with Crippen molar-refractivity contribution >= 4 is 15.9 Å². The fourth-order valence-corrected chi connectivity index (χ4v) is 3.07. The van der Waals surface area contributed by atoms with E-state index >= 15 is 0 Å². The molecular formula is C12H24N2O4S. The quantitative estimate of drug-likeness (QED) is 0.733. The molecule has 0 bridgehead atoms. The normalized spacial score (nSPS) is 18.7. The molecule has 0 aromatic carbocycles. The van der Waals surface area contributed by atoms with Gasteiger partial charge in [0.15, 0.2) is 0 Å². The highest BCUT2D eigenvalue weighted by atomic mass is 32.2. The van der Waals surface area contributed by atoms with Crippen LogP contribution >= 0.6 is 0 Å².